The highest BCUT2D eigenvalue weighted by Crippen LogP contribution is 2.40. The van der Waals surface area contributed by atoms with Gasteiger partial charge in [0.15, 0.2) is 0 Å². The first-order chi connectivity index (χ1) is 13.2. The summed E-state index contributed by atoms with van der Waals surface area (Å²) in [6.07, 6.45) is -4.65. The number of rotatable bonds is 2. The minimum absolute atomic E-state index is 0.0165. The van der Waals surface area contributed by atoms with Gasteiger partial charge in [0.25, 0.3) is 5.82 Å². The van der Waals surface area contributed by atoms with Crippen LogP contribution in [-0.2, 0) is 6.18 Å². The van der Waals surface area contributed by atoms with Crippen molar-refractivity contribution in [2.45, 2.75) is 19.1 Å². The number of anilines is 1. The second kappa shape index (κ2) is 6.83. The maximum Gasteiger partial charge on any atom is 0.453 e. The quantitative estimate of drug-likeness (QED) is 0.544. The summed E-state index contributed by atoms with van der Waals surface area (Å²) in [5, 5.41) is 7.81. The molecule has 2 aromatic carbocycles. The topological polar surface area (TPSA) is 42.7 Å². The first-order valence-electron chi connectivity index (χ1n) is 8.27. The molecule has 1 aromatic heterocycles. The lowest BCUT2D eigenvalue weighted by molar-refractivity contribution is -0.145. The van der Waals surface area contributed by atoms with E-state index in [1.54, 1.807) is 48.5 Å². The Morgan fingerprint density at radius 1 is 0.964 bits per heavy atom. The maximum atomic E-state index is 13.2. The highest BCUT2D eigenvalue weighted by molar-refractivity contribution is 6.30. The number of nitrogens with zero attached hydrogens (tertiary/aromatic N) is 3. The molecule has 0 bridgehead atoms. The maximum absolute atomic E-state index is 13.2. The lowest BCUT2D eigenvalue weighted by Gasteiger charge is -2.29. The Balaban J connectivity index is 1.89. The molecule has 0 spiro atoms. The third-order valence-electron chi connectivity index (χ3n) is 4.49. The predicted octanol–water partition coefficient (Wildman–Crippen LogP) is 6.05. The molecule has 2 heterocycles. The van der Waals surface area contributed by atoms with Crippen molar-refractivity contribution >= 4 is 34.8 Å². The zero-order chi connectivity index (χ0) is 20.1. The molecule has 1 aliphatic rings. The number of nitrogens with one attached hydrogen (secondary N) is 1. The summed E-state index contributed by atoms with van der Waals surface area (Å²) >= 11 is 11.9. The Labute approximate surface area is 168 Å². The van der Waals surface area contributed by atoms with Crippen LogP contribution in [0.25, 0.3) is 5.70 Å². The van der Waals surface area contributed by atoms with Crippen molar-refractivity contribution in [1.29, 1.82) is 0 Å². The van der Waals surface area contributed by atoms with Crippen molar-refractivity contribution in [3.8, 4) is 0 Å². The summed E-state index contributed by atoms with van der Waals surface area (Å²) in [5.41, 5.74) is 2.97. The molecule has 144 valence electrons. The van der Waals surface area contributed by atoms with Crippen molar-refractivity contribution < 1.29 is 13.2 Å². The zero-order valence-corrected chi connectivity index (χ0v) is 15.9. The Morgan fingerprint density at radius 3 is 2.11 bits per heavy atom. The smallest absolute Gasteiger partial charge is 0.324 e. The molecule has 9 heteroatoms. The molecule has 28 heavy (non-hydrogen) atoms. The van der Waals surface area contributed by atoms with E-state index in [0.29, 0.717) is 15.7 Å². The molecule has 3 aromatic rings. The van der Waals surface area contributed by atoms with Gasteiger partial charge in [-0.3, -0.25) is 0 Å². The van der Waals surface area contributed by atoms with Crippen LogP contribution in [0.5, 0.6) is 0 Å². The van der Waals surface area contributed by atoms with E-state index in [2.05, 4.69) is 15.4 Å². The molecule has 4 rings (SSSR count). The lowest BCUT2D eigenvalue weighted by atomic mass is 9.94. The molecule has 0 aliphatic carbocycles. The predicted molar refractivity (Wildman–Crippen MR) is 102 cm³/mol. The molecule has 4 nitrogen and oxygen atoms in total. The number of benzene rings is 2. The molecule has 1 atom stereocenters. The fourth-order valence-corrected chi connectivity index (χ4v) is 3.44. The Kier molecular flexibility index (Phi) is 4.59. The zero-order valence-electron chi connectivity index (χ0n) is 14.4. The molecule has 0 fully saturated rings. The highest BCUT2D eigenvalue weighted by Gasteiger charge is 2.40. The van der Waals surface area contributed by atoms with Gasteiger partial charge in [-0.2, -0.15) is 18.2 Å². The number of allylic oxidation sites excluding steroid dienone is 1. The van der Waals surface area contributed by atoms with Crippen molar-refractivity contribution in [3.05, 3.63) is 81.1 Å². The monoisotopic (exact) mass is 424 g/mol. The van der Waals surface area contributed by atoms with Gasteiger partial charge in [0.05, 0.1) is 0 Å². The normalized spacial score (nSPS) is 16.7. The highest BCUT2D eigenvalue weighted by atomic mass is 35.5. The SMILES string of the molecule is CC1=C(c2ccc(Cl)cc2)Nc2nc(C(F)(F)F)nn2[C@H]1c1ccc(Cl)cc1. The number of aromatic nitrogens is 3. The minimum Gasteiger partial charge on any atom is -0.324 e. The summed E-state index contributed by atoms with van der Waals surface area (Å²) < 4.78 is 40.9. The second-order valence-corrected chi connectivity index (χ2v) is 7.22. The van der Waals surface area contributed by atoms with Crippen molar-refractivity contribution in [2.75, 3.05) is 5.32 Å². The van der Waals surface area contributed by atoms with Gasteiger partial charge in [-0.15, -0.1) is 5.10 Å². The van der Waals surface area contributed by atoms with Gasteiger partial charge >= 0.3 is 6.18 Å². The van der Waals surface area contributed by atoms with Crippen molar-refractivity contribution in [1.82, 2.24) is 14.8 Å². The molecule has 0 radical (unpaired) electrons. The molecule has 1 aliphatic heterocycles. The first-order valence-corrected chi connectivity index (χ1v) is 9.02. The fourth-order valence-electron chi connectivity index (χ4n) is 3.19. The Bertz CT molecular complexity index is 1050. The van der Waals surface area contributed by atoms with Crippen molar-refractivity contribution in [3.63, 3.8) is 0 Å². The van der Waals surface area contributed by atoms with Gasteiger partial charge in [-0.1, -0.05) is 47.5 Å². The van der Waals surface area contributed by atoms with Gasteiger partial charge in [-0.05, 0) is 47.9 Å². The number of hydrogen-bond acceptors (Lipinski definition) is 3. The Hall–Kier alpha value is -2.51. The lowest BCUT2D eigenvalue weighted by Crippen LogP contribution is -2.24. The van der Waals surface area contributed by atoms with Crippen LogP contribution in [0, 0.1) is 0 Å². The summed E-state index contributed by atoms with van der Waals surface area (Å²) in [7, 11) is 0. The summed E-state index contributed by atoms with van der Waals surface area (Å²) in [6, 6.07) is 13.4. The van der Waals surface area contributed by atoms with Gasteiger partial charge < -0.3 is 5.32 Å². The van der Waals surface area contributed by atoms with E-state index in [0.717, 1.165) is 16.7 Å². The van der Waals surface area contributed by atoms with Crippen LogP contribution in [-0.4, -0.2) is 14.8 Å². The summed E-state index contributed by atoms with van der Waals surface area (Å²) in [5.74, 6) is -1.18. The molecule has 0 saturated heterocycles. The van der Waals surface area contributed by atoms with Gasteiger partial charge in [0.2, 0.25) is 5.95 Å². The first kappa shape index (κ1) is 18.8. The van der Waals surface area contributed by atoms with E-state index in [1.807, 2.05) is 6.92 Å². The van der Waals surface area contributed by atoms with E-state index < -0.39 is 18.0 Å². The average Bonchev–Trinajstić information content (AvgIpc) is 3.07. The third-order valence-corrected chi connectivity index (χ3v) is 4.99. The van der Waals surface area contributed by atoms with E-state index in [9.17, 15) is 13.2 Å². The van der Waals surface area contributed by atoms with Crippen LogP contribution in [0.1, 0.15) is 29.9 Å². The average molecular weight is 425 g/mol. The van der Waals surface area contributed by atoms with Crippen LogP contribution in [0.2, 0.25) is 10.0 Å². The number of alkyl halides is 3. The standard InChI is InChI=1S/C19H13Cl2F3N4/c1-10-15(11-2-6-13(20)7-3-11)25-18-26-17(19(22,23)24)27-28(18)16(10)12-4-8-14(21)9-5-12/h2-9,16H,1H3,(H,25,26,27)/t16-/m1/s1. The molecular formula is C19H13Cl2F3N4. The third kappa shape index (κ3) is 3.36. The number of hydrogen-bond donors (Lipinski definition) is 1. The molecular weight excluding hydrogens is 412 g/mol. The van der Waals surface area contributed by atoms with E-state index >= 15 is 0 Å². The molecule has 0 amide bonds. The number of halogens is 5. The van der Waals surface area contributed by atoms with Gasteiger partial charge in [0, 0.05) is 15.7 Å². The van der Waals surface area contributed by atoms with Crippen LogP contribution < -0.4 is 5.32 Å². The summed E-state index contributed by atoms with van der Waals surface area (Å²) in [4.78, 5) is 3.67. The van der Waals surface area contributed by atoms with Crippen LogP contribution in [0.3, 0.4) is 0 Å². The van der Waals surface area contributed by atoms with E-state index in [-0.39, 0.29) is 5.95 Å². The van der Waals surface area contributed by atoms with Crippen molar-refractivity contribution in [2.24, 2.45) is 0 Å². The van der Waals surface area contributed by atoms with E-state index in [4.69, 9.17) is 23.2 Å². The van der Waals surface area contributed by atoms with Gasteiger partial charge in [0.1, 0.15) is 6.04 Å². The van der Waals surface area contributed by atoms with Crippen LogP contribution >= 0.6 is 23.2 Å². The largest absolute Gasteiger partial charge is 0.453 e. The molecule has 0 saturated carbocycles. The second-order valence-electron chi connectivity index (χ2n) is 6.35. The Morgan fingerprint density at radius 2 is 1.54 bits per heavy atom. The van der Waals surface area contributed by atoms with E-state index in [1.165, 1.54) is 4.68 Å². The van der Waals surface area contributed by atoms with Crippen LogP contribution in [0.4, 0.5) is 19.1 Å². The minimum atomic E-state index is -4.65. The van der Waals surface area contributed by atoms with Gasteiger partial charge in [-0.25, -0.2) is 4.68 Å². The number of fused-ring (bicyclic) bond motifs is 1. The fraction of sp³-hybridized carbons (Fsp3) is 0.158. The molecule has 0 unspecified atom stereocenters. The molecule has 1 N–H and O–H groups in total. The summed E-state index contributed by atoms with van der Waals surface area (Å²) in [6.45, 7) is 1.84. The van der Waals surface area contributed by atoms with Crippen LogP contribution in [0.15, 0.2) is 54.1 Å².